The molecule has 3 heteroatoms. The molecule has 0 amide bonds. The van der Waals surface area contributed by atoms with Crippen LogP contribution in [-0.4, -0.2) is 13.2 Å². The van der Waals surface area contributed by atoms with Gasteiger partial charge in [0.2, 0.25) is 0 Å². The van der Waals surface area contributed by atoms with Gasteiger partial charge in [0.15, 0.2) is 0 Å². The largest absolute Gasteiger partial charge is 0.380 e. The quantitative estimate of drug-likeness (QED) is 0.915. The van der Waals surface area contributed by atoms with Crippen LogP contribution in [-0.2, 0) is 11.2 Å². The molecule has 1 unspecified atom stereocenters. The SMILES string of the molecule is Cc1ccc(NCC2OCCc3ccccc32)c(F)c1. The summed E-state index contributed by atoms with van der Waals surface area (Å²) in [6.07, 6.45) is 0.937. The molecule has 0 saturated carbocycles. The van der Waals surface area contributed by atoms with Gasteiger partial charge in [-0.25, -0.2) is 4.39 Å². The van der Waals surface area contributed by atoms with E-state index in [9.17, 15) is 4.39 Å². The lowest BCUT2D eigenvalue weighted by Crippen LogP contribution is -2.23. The molecular formula is C17H18FNO. The summed E-state index contributed by atoms with van der Waals surface area (Å²) in [7, 11) is 0. The van der Waals surface area contributed by atoms with Gasteiger partial charge in [-0.2, -0.15) is 0 Å². The van der Waals surface area contributed by atoms with Crippen LogP contribution in [0, 0.1) is 12.7 Å². The van der Waals surface area contributed by atoms with Crippen molar-refractivity contribution in [2.24, 2.45) is 0 Å². The van der Waals surface area contributed by atoms with Crippen molar-refractivity contribution in [2.45, 2.75) is 19.4 Å². The van der Waals surface area contributed by atoms with Gasteiger partial charge >= 0.3 is 0 Å². The number of benzene rings is 2. The molecule has 0 aromatic heterocycles. The lowest BCUT2D eigenvalue weighted by Gasteiger charge is -2.26. The Balaban J connectivity index is 1.73. The summed E-state index contributed by atoms with van der Waals surface area (Å²) < 4.78 is 19.6. The molecule has 0 aliphatic carbocycles. The van der Waals surface area contributed by atoms with Gasteiger partial charge in [0.05, 0.1) is 18.4 Å². The number of halogens is 1. The van der Waals surface area contributed by atoms with Crippen molar-refractivity contribution < 1.29 is 9.13 Å². The van der Waals surface area contributed by atoms with Crippen LogP contribution in [0.15, 0.2) is 42.5 Å². The molecule has 104 valence electrons. The topological polar surface area (TPSA) is 21.3 Å². The lowest BCUT2D eigenvalue weighted by atomic mass is 9.97. The van der Waals surface area contributed by atoms with Gasteiger partial charge in [0.25, 0.3) is 0 Å². The van der Waals surface area contributed by atoms with E-state index in [1.807, 2.05) is 25.1 Å². The van der Waals surface area contributed by atoms with E-state index in [2.05, 4.69) is 17.4 Å². The van der Waals surface area contributed by atoms with Crippen LogP contribution < -0.4 is 5.32 Å². The van der Waals surface area contributed by atoms with Crippen LogP contribution in [0.25, 0.3) is 0 Å². The van der Waals surface area contributed by atoms with Crippen molar-refractivity contribution in [3.8, 4) is 0 Å². The zero-order valence-corrected chi connectivity index (χ0v) is 11.5. The number of nitrogens with one attached hydrogen (secondary N) is 1. The maximum absolute atomic E-state index is 13.8. The molecule has 1 aliphatic heterocycles. The number of ether oxygens (including phenoxy) is 1. The minimum atomic E-state index is -0.214. The Morgan fingerprint density at radius 3 is 2.95 bits per heavy atom. The second-order valence-electron chi connectivity index (χ2n) is 5.17. The van der Waals surface area contributed by atoms with E-state index < -0.39 is 0 Å². The van der Waals surface area contributed by atoms with E-state index in [0.717, 1.165) is 18.6 Å². The number of hydrogen-bond acceptors (Lipinski definition) is 2. The van der Waals surface area contributed by atoms with Crippen molar-refractivity contribution in [1.82, 2.24) is 0 Å². The smallest absolute Gasteiger partial charge is 0.146 e. The third-order valence-corrected chi connectivity index (χ3v) is 3.69. The van der Waals surface area contributed by atoms with Crippen molar-refractivity contribution in [3.63, 3.8) is 0 Å². The van der Waals surface area contributed by atoms with Crippen molar-refractivity contribution in [1.29, 1.82) is 0 Å². The second-order valence-corrected chi connectivity index (χ2v) is 5.17. The molecule has 0 fully saturated rings. The first-order valence-corrected chi connectivity index (χ1v) is 6.93. The van der Waals surface area contributed by atoms with Gasteiger partial charge < -0.3 is 10.1 Å². The number of hydrogen-bond donors (Lipinski definition) is 1. The standard InChI is InChI=1S/C17H18FNO/c1-12-6-7-16(15(18)10-12)19-11-17-14-5-3-2-4-13(14)8-9-20-17/h2-7,10,17,19H,8-9,11H2,1H3. The number of fused-ring (bicyclic) bond motifs is 1. The summed E-state index contributed by atoms with van der Waals surface area (Å²) in [5, 5.41) is 3.15. The molecule has 3 rings (SSSR count). The molecule has 2 nitrogen and oxygen atoms in total. The molecule has 1 atom stereocenters. The van der Waals surface area contributed by atoms with E-state index in [0.29, 0.717) is 12.2 Å². The van der Waals surface area contributed by atoms with Gasteiger partial charge in [0, 0.05) is 6.54 Å². The van der Waals surface area contributed by atoms with Crippen molar-refractivity contribution in [3.05, 3.63) is 65.0 Å². The van der Waals surface area contributed by atoms with Gasteiger partial charge in [-0.1, -0.05) is 30.3 Å². The fourth-order valence-electron chi connectivity index (χ4n) is 2.61. The number of rotatable bonds is 3. The monoisotopic (exact) mass is 271 g/mol. The van der Waals surface area contributed by atoms with Crippen LogP contribution in [0.3, 0.4) is 0 Å². The Morgan fingerprint density at radius 1 is 1.25 bits per heavy atom. The molecule has 20 heavy (non-hydrogen) atoms. The van der Waals surface area contributed by atoms with Gasteiger partial charge in [0.1, 0.15) is 5.82 Å². The minimum Gasteiger partial charge on any atom is -0.380 e. The van der Waals surface area contributed by atoms with E-state index >= 15 is 0 Å². The zero-order chi connectivity index (χ0) is 13.9. The summed E-state index contributed by atoms with van der Waals surface area (Å²) in [5.74, 6) is -0.214. The first-order chi connectivity index (χ1) is 9.74. The van der Waals surface area contributed by atoms with Crippen molar-refractivity contribution in [2.75, 3.05) is 18.5 Å². The van der Waals surface area contributed by atoms with E-state index in [1.54, 1.807) is 6.07 Å². The molecule has 2 aromatic carbocycles. The highest BCUT2D eigenvalue weighted by atomic mass is 19.1. The summed E-state index contributed by atoms with van der Waals surface area (Å²) in [5.41, 5.74) is 3.99. The number of anilines is 1. The van der Waals surface area contributed by atoms with Crippen LogP contribution in [0.5, 0.6) is 0 Å². The van der Waals surface area contributed by atoms with E-state index in [-0.39, 0.29) is 11.9 Å². The molecule has 1 aliphatic rings. The Labute approximate surface area is 118 Å². The van der Waals surface area contributed by atoms with E-state index in [4.69, 9.17) is 4.74 Å². The minimum absolute atomic E-state index is 0.0133. The molecule has 0 spiro atoms. The van der Waals surface area contributed by atoms with Crippen molar-refractivity contribution >= 4 is 5.69 Å². The molecule has 0 saturated heterocycles. The Bertz CT molecular complexity index is 612. The highest BCUT2D eigenvalue weighted by Gasteiger charge is 2.20. The normalized spacial score (nSPS) is 17.6. The number of aryl methyl sites for hydroxylation is 1. The predicted octanol–water partition coefficient (Wildman–Crippen LogP) is 3.86. The van der Waals surface area contributed by atoms with Crippen LogP contribution >= 0.6 is 0 Å². The summed E-state index contributed by atoms with van der Waals surface area (Å²) >= 11 is 0. The predicted molar refractivity (Wildman–Crippen MR) is 78.5 cm³/mol. The first kappa shape index (κ1) is 13.1. The molecule has 0 radical (unpaired) electrons. The fraction of sp³-hybridized carbons (Fsp3) is 0.294. The Morgan fingerprint density at radius 2 is 2.10 bits per heavy atom. The Kier molecular flexibility index (Phi) is 3.70. The summed E-state index contributed by atoms with van der Waals surface area (Å²) in [6, 6.07) is 13.5. The maximum atomic E-state index is 13.8. The highest BCUT2D eigenvalue weighted by Crippen LogP contribution is 2.27. The van der Waals surface area contributed by atoms with Crippen LogP contribution in [0.2, 0.25) is 0 Å². The highest BCUT2D eigenvalue weighted by molar-refractivity contribution is 5.46. The van der Waals surface area contributed by atoms with Crippen LogP contribution in [0.4, 0.5) is 10.1 Å². The summed E-state index contributed by atoms with van der Waals surface area (Å²) in [6.45, 7) is 3.18. The molecule has 0 bridgehead atoms. The molecule has 1 heterocycles. The lowest BCUT2D eigenvalue weighted by molar-refractivity contribution is 0.0513. The fourth-order valence-corrected chi connectivity index (χ4v) is 2.61. The van der Waals surface area contributed by atoms with Gasteiger partial charge in [-0.15, -0.1) is 0 Å². The zero-order valence-electron chi connectivity index (χ0n) is 11.5. The molecular weight excluding hydrogens is 253 g/mol. The average Bonchev–Trinajstić information content (AvgIpc) is 2.46. The maximum Gasteiger partial charge on any atom is 0.146 e. The van der Waals surface area contributed by atoms with E-state index in [1.165, 1.54) is 17.2 Å². The first-order valence-electron chi connectivity index (χ1n) is 6.93. The summed E-state index contributed by atoms with van der Waals surface area (Å²) in [4.78, 5) is 0. The second kappa shape index (κ2) is 5.63. The van der Waals surface area contributed by atoms with Crippen LogP contribution in [0.1, 0.15) is 22.8 Å². The van der Waals surface area contributed by atoms with Gasteiger partial charge in [-0.3, -0.25) is 0 Å². The Hall–Kier alpha value is -1.87. The molecule has 2 aromatic rings. The van der Waals surface area contributed by atoms with Gasteiger partial charge in [-0.05, 0) is 42.2 Å². The third kappa shape index (κ3) is 2.68. The molecule has 1 N–H and O–H groups in total. The third-order valence-electron chi connectivity index (χ3n) is 3.69. The average molecular weight is 271 g/mol.